The highest BCUT2D eigenvalue weighted by Gasteiger charge is 2.16. The fourth-order valence-electron chi connectivity index (χ4n) is 1.29. The molecule has 0 saturated carbocycles. The molecule has 5 nitrogen and oxygen atoms in total. The summed E-state index contributed by atoms with van der Waals surface area (Å²) in [7, 11) is -3.48. The highest BCUT2D eigenvalue weighted by atomic mass is 35.5. The van der Waals surface area contributed by atoms with E-state index >= 15 is 0 Å². The molecule has 1 heterocycles. The fourth-order valence-corrected chi connectivity index (χ4v) is 2.39. The largest absolute Gasteiger partial charge is 0.332 e. The molecule has 0 aliphatic carbocycles. The SMILES string of the molecule is CCc1ncc(S(=O)(=O)NCCC(Cl)CC)[nH]1. The van der Waals surface area contributed by atoms with Crippen LogP contribution in [0.1, 0.15) is 32.5 Å². The quantitative estimate of drug-likeness (QED) is 0.746. The highest BCUT2D eigenvalue weighted by molar-refractivity contribution is 7.89. The van der Waals surface area contributed by atoms with Crippen LogP contribution in [0, 0.1) is 0 Å². The van der Waals surface area contributed by atoms with Crippen LogP contribution in [-0.2, 0) is 16.4 Å². The predicted molar refractivity (Wildman–Crippen MR) is 67.7 cm³/mol. The van der Waals surface area contributed by atoms with Crippen molar-refractivity contribution < 1.29 is 8.42 Å². The van der Waals surface area contributed by atoms with Gasteiger partial charge in [-0.15, -0.1) is 11.6 Å². The summed E-state index contributed by atoms with van der Waals surface area (Å²) in [5.74, 6) is 0.661. The van der Waals surface area contributed by atoms with E-state index in [4.69, 9.17) is 11.6 Å². The minimum absolute atomic E-state index is 0.00525. The number of hydrogen-bond acceptors (Lipinski definition) is 3. The Morgan fingerprint density at radius 1 is 1.53 bits per heavy atom. The van der Waals surface area contributed by atoms with Gasteiger partial charge in [0.15, 0.2) is 5.03 Å². The Labute approximate surface area is 107 Å². The Hall–Kier alpha value is -0.590. The molecule has 0 spiro atoms. The number of sulfonamides is 1. The summed E-state index contributed by atoms with van der Waals surface area (Å²) < 4.78 is 26.1. The van der Waals surface area contributed by atoms with Gasteiger partial charge in [0, 0.05) is 18.3 Å². The van der Waals surface area contributed by atoms with Crippen LogP contribution in [0.3, 0.4) is 0 Å². The zero-order valence-electron chi connectivity index (χ0n) is 10.0. The lowest BCUT2D eigenvalue weighted by molar-refractivity contribution is 0.573. The number of halogens is 1. The van der Waals surface area contributed by atoms with E-state index in [1.807, 2.05) is 13.8 Å². The average Bonchev–Trinajstić information content (AvgIpc) is 2.77. The molecular formula is C10H18ClN3O2S. The topological polar surface area (TPSA) is 74.8 Å². The van der Waals surface area contributed by atoms with Crippen LogP contribution in [0.25, 0.3) is 0 Å². The number of imidazole rings is 1. The summed E-state index contributed by atoms with van der Waals surface area (Å²) in [5, 5.41) is 0.114. The molecule has 1 aromatic rings. The molecule has 0 amide bonds. The van der Waals surface area contributed by atoms with Crippen LogP contribution in [-0.4, -0.2) is 30.3 Å². The smallest absolute Gasteiger partial charge is 0.257 e. The Bertz CT molecular complexity index is 444. The van der Waals surface area contributed by atoms with Crippen LogP contribution in [0.15, 0.2) is 11.2 Å². The summed E-state index contributed by atoms with van der Waals surface area (Å²) in [5.41, 5.74) is 0. The second kappa shape index (κ2) is 6.37. The van der Waals surface area contributed by atoms with Crippen LogP contribution in [0.5, 0.6) is 0 Å². The lowest BCUT2D eigenvalue weighted by Crippen LogP contribution is -2.26. The van der Waals surface area contributed by atoms with Crippen molar-refractivity contribution in [1.29, 1.82) is 0 Å². The molecule has 0 saturated heterocycles. The molecule has 0 fully saturated rings. The number of aromatic amines is 1. The van der Waals surface area contributed by atoms with Crippen molar-refractivity contribution in [3.63, 3.8) is 0 Å². The van der Waals surface area contributed by atoms with Gasteiger partial charge in [-0.1, -0.05) is 13.8 Å². The zero-order chi connectivity index (χ0) is 12.9. The van der Waals surface area contributed by atoms with E-state index in [1.165, 1.54) is 6.20 Å². The van der Waals surface area contributed by atoms with E-state index in [2.05, 4.69) is 14.7 Å². The minimum atomic E-state index is -3.48. The zero-order valence-corrected chi connectivity index (χ0v) is 11.6. The number of rotatable bonds is 7. The third-order valence-electron chi connectivity index (χ3n) is 2.42. The maximum Gasteiger partial charge on any atom is 0.257 e. The van der Waals surface area contributed by atoms with Gasteiger partial charge in [0.05, 0.1) is 6.20 Å². The molecule has 1 atom stereocenters. The molecule has 0 bridgehead atoms. The van der Waals surface area contributed by atoms with Gasteiger partial charge in [-0.3, -0.25) is 0 Å². The first-order valence-corrected chi connectivity index (χ1v) is 7.59. The number of aromatic nitrogens is 2. The molecule has 17 heavy (non-hydrogen) atoms. The second-order valence-electron chi connectivity index (χ2n) is 3.74. The van der Waals surface area contributed by atoms with Crippen molar-refractivity contribution in [2.45, 2.75) is 43.5 Å². The number of hydrogen-bond donors (Lipinski definition) is 2. The van der Waals surface area contributed by atoms with Crippen LogP contribution in [0.2, 0.25) is 0 Å². The number of nitrogens with zero attached hydrogens (tertiary/aromatic N) is 1. The van der Waals surface area contributed by atoms with Crippen LogP contribution >= 0.6 is 11.6 Å². The standard InChI is InChI=1S/C10H18ClN3O2S/c1-3-8(11)5-6-13-17(15,16)10-7-12-9(4-2)14-10/h7-8,13H,3-6H2,1-2H3,(H,12,14). The Morgan fingerprint density at radius 3 is 2.76 bits per heavy atom. The third-order valence-corrected chi connectivity index (χ3v) is 4.32. The molecule has 1 unspecified atom stereocenters. The monoisotopic (exact) mass is 279 g/mol. The summed E-state index contributed by atoms with van der Waals surface area (Å²) in [6.07, 6.45) is 3.45. The van der Waals surface area contributed by atoms with Gasteiger partial charge >= 0.3 is 0 Å². The van der Waals surface area contributed by atoms with E-state index in [9.17, 15) is 8.42 Å². The Balaban J connectivity index is 2.56. The molecule has 0 radical (unpaired) electrons. The van der Waals surface area contributed by atoms with Gasteiger partial charge in [0.25, 0.3) is 10.0 Å². The summed E-state index contributed by atoms with van der Waals surface area (Å²) in [6, 6.07) is 0. The highest BCUT2D eigenvalue weighted by Crippen LogP contribution is 2.08. The summed E-state index contributed by atoms with van der Waals surface area (Å²) in [6.45, 7) is 4.21. The molecule has 0 aliphatic heterocycles. The van der Waals surface area contributed by atoms with Gasteiger partial charge < -0.3 is 4.98 Å². The van der Waals surface area contributed by atoms with Crippen molar-refractivity contribution in [2.75, 3.05) is 6.54 Å². The van der Waals surface area contributed by atoms with E-state index < -0.39 is 10.0 Å². The second-order valence-corrected chi connectivity index (χ2v) is 6.09. The van der Waals surface area contributed by atoms with Crippen molar-refractivity contribution >= 4 is 21.6 Å². The van der Waals surface area contributed by atoms with Crippen LogP contribution < -0.4 is 4.72 Å². The molecular weight excluding hydrogens is 262 g/mol. The van der Waals surface area contributed by atoms with Crippen molar-refractivity contribution in [1.82, 2.24) is 14.7 Å². The van der Waals surface area contributed by atoms with Crippen molar-refractivity contribution in [3.05, 3.63) is 12.0 Å². The van der Waals surface area contributed by atoms with Crippen molar-refractivity contribution in [3.8, 4) is 0 Å². The lowest BCUT2D eigenvalue weighted by Gasteiger charge is -2.07. The molecule has 98 valence electrons. The molecule has 1 rings (SSSR count). The Morgan fingerprint density at radius 2 is 2.24 bits per heavy atom. The average molecular weight is 280 g/mol. The summed E-state index contributed by atoms with van der Waals surface area (Å²) in [4.78, 5) is 6.72. The fraction of sp³-hybridized carbons (Fsp3) is 0.700. The van der Waals surface area contributed by atoms with Gasteiger partial charge in [-0.05, 0) is 12.8 Å². The van der Waals surface area contributed by atoms with Gasteiger partial charge in [-0.2, -0.15) is 0 Å². The van der Waals surface area contributed by atoms with E-state index in [0.717, 1.165) is 6.42 Å². The van der Waals surface area contributed by atoms with E-state index in [1.54, 1.807) is 0 Å². The number of H-pyrrole nitrogens is 1. The lowest BCUT2D eigenvalue weighted by atomic mass is 10.2. The van der Waals surface area contributed by atoms with Gasteiger partial charge in [-0.25, -0.2) is 18.1 Å². The third kappa shape index (κ3) is 4.29. The van der Waals surface area contributed by atoms with E-state index in [-0.39, 0.29) is 10.4 Å². The Kier molecular flexibility index (Phi) is 5.42. The first-order chi connectivity index (χ1) is 7.99. The minimum Gasteiger partial charge on any atom is -0.332 e. The van der Waals surface area contributed by atoms with E-state index in [0.29, 0.717) is 25.2 Å². The number of alkyl halides is 1. The van der Waals surface area contributed by atoms with Crippen LogP contribution in [0.4, 0.5) is 0 Å². The van der Waals surface area contributed by atoms with Gasteiger partial charge in [0.1, 0.15) is 5.82 Å². The maximum atomic E-state index is 11.8. The molecule has 2 N–H and O–H groups in total. The van der Waals surface area contributed by atoms with Gasteiger partial charge in [0.2, 0.25) is 0 Å². The predicted octanol–water partition coefficient (Wildman–Crippen LogP) is 1.66. The molecule has 1 aromatic heterocycles. The maximum absolute atomic E-state index is 11.8. The molecule has 7 heteroatoms. The van der Waals surface area contributed by atoms with Crippen molar-refractivity contribution in [2.24, 2.45) is 0 Å². The number of nitrogens with one attached hydrogen (secondary N) is 2. The number of aryl methyl sites for hydroxylation is 1. The normalized spacial score (nSPS) is 13.8. The first-order valence-electron chi connectivity index (χ1n) is 5.67. The molecule has 0 aromatic carbocycles. The molecule has 0 aliphatic rings. The first kappa shape index (κ1) is 14.5. The summed E-state index contributed by atoms with van der Waals surface area (Å²) >= 11 is 5.91.